The Hall–Kier alpha value is -5.70. The highest BCUT2D eigenvalue weighted by atomic mass is 32.2. The van der Waals surface area contributed by atoms with Crippen LogP contribution >= 0.6 is 0 Å². The van der Waals surface area contributed by atoms with E-state index in [1.54, 1.807) is 60.9 Å². The zero-order chi connectivity index (χ0) is 52.8. The van der Waals surface area contributed by atoms with Gasteiger partial charge in [0.05, 0.1) is 19.3 Å². The highest BCUT2D eigenvalue weighted by Crippen LogP contribution is 2.47. The number of fused-ring (bicyclic) bond motifs is 1. The van der Waals surface area contributed by atoms with Crippen LogP contribution in [0.15, 0.2) is 43.1 Å². The number of carbonyl (C=O) groups is 6. The van der Waals surface area contributed by atoms with Crippen LogP contribution in [0.2, 0.25) is 0 Å². The summed E-state index contributed by atoms with van der Waals surface area (Å²) >= 11 is 0. The number of aromatic nitrogens is 1. The van der Waals surface area contributed by atoms with Crippen molar-refractivity contribution in [1.29, 1.82) is 0 Å². The van der Waals surface area contributed by atoms with Crippen LogP contribution in [0.1, 0.15) is 138 Å². The van der Waals surface area contributed by atoms with Crippen molar-refractivity contribution in [3.8, 4) is 11.6 Å². The summed E-state index contributed by atoms with van der Waals surface area (Å²) in [5.74, 6) is -2.91. The summed E-state index contributed by atoms with van der Waals surface area (Å²) in [4.78, 5) is 84.3. The number of carboxylic acids is 1. The summed E-state index contributed by atoms with van der Waals surface area (Å²) in [6, 6.07) is 4.28. The van der Waals surface area contributed by atoms with Crippen molar-refractivity contribution < 1.29 is 65.4 Å². The van der Waals surface area contributed by atoms with Gasteiger partial charge in [-0.15, -0.1) is 6.58 Å². The standard InChI is InChI=1S/C39H53N5O10S.C12H21NO4/c1-7-16-38(17-18-38)54-55(49,50)43-35(47)39(22-26(39)8-2)42-32(45)30-21-28(52-33-29-14-13-27(51-6)20-25(29)15-19-40-33)23-44(30)34(46)31(24-11-9-10-12-24)41-36(48)53-37(3,4)5;1-12(2,3)17-11(16)13-9(10(14)15)8-6-4-5-7-8/h8,13-15,19-20,24,26,28,30-31H,2,7,9-12,16-18,21-23H2,1,3-6H3,(H,41,48)(H,42,45)(H,43,47);8-9H,4-7H2,1-3H3,(H,13,16)(H,14,15)/t26-,28-,30+,31+,39-;9-/m10/s1. The van der Waals surface area contributed by atoms with Crippen molar-refractivity contribution in [3.63, 3.8) is 0 Å². The Bertz CT molecular complexity index is 2440. The second kappa shape index (κ2) is 22.6. The summed E-state index contributed by atoms with van der Waals surface area (Å²) in [7, 11) is -2.93. The number of aliphatic carboxylic acids is 1. The van der Waals surface area contributed by atoms with Crippen molar-refractivity contribution in [2.24, 2.45) is 17.8 Å². The van der Waals surface area contributed by atoms with Crippen molar-refractivity contribution in [1.82, 2.24) is 30.6 Å². The number of pyridine rings is 1. The van der Waals surface area contributed by atoms with E-state index in [0.717, 1.165) is 43.9 Å². The number of nitrogens with one attached hydrogen (secondary N) is 4. The Labute approximate surface area is 422 Å². The van der Waals surface area contributed by atoms with Gasteiger partial charge in [-0.2, -0.15) is 8.42 Å². The molecule has 0 unspecified atom stereocenters. The molecule has 1 aliphatic heterocycles. The Balaban J connectivity index is 0.000000422. The maximum absolute atomic E-state index is 14.6. The van der Waals surface area contributed by atoms with Crippen LogP contribution in [0, 0.1) is 17.8 Å². The number of hydrogen-bond donors (Lipinski definition) is 5. The Morgan fingerprint density at radius 1 is 0.903 bits per heavy atom. The second-order valence-corrected chi connectivity index (χ2v) is 23.0. The van der Waals surface area contributed by atoms with Crippen LogP contribution in [0.4, 0.5) is 9.59 Å². The molecule has 7 rings (SSSR count). The van der Waals surface area contributed by atoms with Gasteiger partial charge in [-0.1, -0.05) is 45.1 Å². The molecule has 72 heavy (non-hydrogen) atoms. The van der Waals surface area contributed by atoms with E-state index >= 15 is 0 Å². The lowest BCUT2D eigenvalue weighted by Crippen LogP contribution is -2.59. The van der Waals surface area contributed by atoms with Crippen LogP contribution in [0.3, 0.4) is 0 Å². The fraction of sp³-hybridized carbons (Fsp3) is 0.667. The predicted octanol–water partition coefficient (Wildman–Crippen LogP) is 6.60. The van der Waals surface area contributed by atoms with Crippen molar-refractivity contribution in [3.05, 3.63) is 43.1 Å². The average Bonchev–Trinajstić information content (AvgIpc) is 3.83. The summed E-state index contributed by atoms with van der Waals surface area (Å²) in [6.45, 7) is 16.1. The van der Waals surface area contributed by atoms with Gasteiger partial charge in [-0.25, -0.2) is 28.3 Å². The molecule has 5 fully saturated rings. The van der Waals surface area contributed by atoms with E-state index in [2.05, 4.69) is 27.5 Å². The van der Waals surface area contributed by atoms with Gasteiger partial charge in [0.2, 0.25) is 17.7 Å². The molecule has 1 aromatic heterocycles. The molecule has 5 N–H and O–H groups in total. The zero-order valence-electron chi connectivity index (χ0n) is 42.9. The normalized spacial score (nSPS) is 23.6. The third-order valence-electron chi connectivity index (χ3n) is 13.7. The lowest BCUT2D eigenvalue weighted by atomic mass is 9.96. The lowest BCUT2D eigenvalue weighted by Gasteiger charge is -2.32. The quantitative estimate of drug-likeness (QED) is 0.0985. The molecule has 2 heterocycles. The lowest BCUT2D eigenvalue weighted by molar-refractivity contribution is -0.142. The first-order valence-electron chi connectivity index (χ1n) is 25.1. The van der Waals surface area contributed by atoms with Gasteiger partial charge in [0.1, 0.15) is 46.7 Å². The largest absolute Gasteiger partial charge is 0.497 e. The highest BCUT2D eigenvalue weighted by molar-refractivity contribution is 7.85. The van der Waals surface area contributed by atoms with Crippen molar-refractivity contribution in [2.75, 3.05) is 13.7 Å². The second-order valence-electron chi connectivity index (χ2n) is 21.8. The first-order valence-corrected chi connectivity index (χ1v) is 26.6. The minimum absolute atomic E-state index is 0.0209. The Morgan fingerprint density at radius 3 is 2.00 bits per heavy atom. The number of likely N-dealkylation sites (tertiary alicyclic amines) is 1. The van der Waals surface area contributed by atoms with E-state index < -0.39 is 98.7 Å². The van der Waals surface area contributed by atoms with Crippen LogP contribution in [0.5, 0.6) is 11.6 Å². The van der Waals surface area contributed by atoms with Gasteiger partial charge < -0.3 is 44.9 Å². The fourth-order valence-corrected chi connectivity index (χ4v) is 11.2. The molecule has 6 atom stereocenters. The molecule has 1 saturated heterocycles. The number of nitrogens with zero attached hydrogens (tertiary/aromatic N) is 2. The maximum Gasteiger partial charge on any atom is 0.408 e. The Kier molecular flexibility index (Phi) is 17.5. The number of methoxy groups -OCH3 is 1. The fourth-order valence-electron chi connectivity index (χ4n) is 10.0. The molecule has 5 aliphatic rings. The first kappa shape index (κ1) is 55.6. The molecule has 0 spiro atoms. The molecule has 0 radical (unpaired) electrons. The summed E-state index contributed by atoms with van der Waals surface area (Å²) in [5.41, 5.74) is -3.89. The molecule has 1 aromatic carbocycles. The number of hydrogen-bond acceptors (Lipinski definition) is 14. The molecule has 4 aliphatic carbocycles. The molecular weight excluding hydrogens is 953 g/mol. The van der Waals surface area contributed by atoms with Crippen LogP contribution < -0.4 is 30.1 Å². The number of rotatable bonds is 18. The monoisotopic (exact) mass is 1030 g/mol. The van der Waals surface area contributed by atoms with Crippen molar-refractivity contribution in [2.45, 2.75) is 185 Å². The first-order chi connectivity index (χ1) is 33.8. The van der Waals surface area contributed by atoms with E-state index in [0.29, 0.717) is 55.5 Å². The van der Waals surface area contributed by atoms with Crippen LogP contribution in [0.25, 0.3) is 10.8 Å². The zero-order valence-corrected chi connectivity index (χ0v) is 43.7. The van der Waals surface area contributed by atoms with E-state index in [1.807, 2.05) is 29.8 Å². The number of benzene rings is 1. The third kappa shape index (κ3) is 14.5. The van der Waals surface area contributed by atoms with Gasteiger partial charge >= 0.3 is 28.5 Å². The van der Waals surface area contributed by atoms with E-state index in [1.165, 1.54) is 11.0 Å². The van der Waals surface area contributed by atoms with Gasteiger partial charge in [-0.05, 0) is 134 Å². The maximum atomic E-state index is 14.6. The Morgan fingerprint density at radius 2 is 1.49 bits per heavy atom. The number of carbonyl (C=O) groups excluding carboxylic acids is 5. The SMILES string of the molecule is C=C[C@@H]1C[C@]1(NC(=O)[C@@H]1C[C@@H](Oc2nccc3cc(OC)ccc23)CN1C(=O)[C@@H](NC(=O)OC(C)(C)C)C1CCCC1)C(=O)NS(=O)(=O)OC1(CCC)CC1.CC(C)(C)OC(=O)N[C@H](C(=O)O)C1CCCC1. The molecule has 0 bridgehead atoms. The molecule has 4 saturated carbocycles. The molecule has 398 valence electrons. The van der Waals surface area contributed by atoms with Gasteiger partial charge in [0.15, 0.2) is 0 Å². The summed E-state index contributed by atoms with van der Waals surface area (Å²) in [5, 5.41) is 18.7. The minimum Gasteiger partial charge on any atom is -0.497 e. The third-order valence-corrected chi connectivity index (χ3v) is 14.8. The highest BCUT2D eigenvalue weighted by Gasteiger charge is 2.62. The smallest absolute Gasteiger partial charge is 0.408 e. The van der Waals surface area contributed by atoms with Crippen LogP contribution in [-0.4, -0.2) is 120 Å². The predicted molar refractivity (Wildman–Crippen MR) is 265 cm³/mol. The molecule has 2 aromatic rings. The molecule has 21 heteroatoms. The van der Waals surface area contributed by atoms with Gasteiger partial charge in [-0.3, -0.25) is 14.4 Å². The number of amides is 5. The molecule has 20 nitrogen and oxygen atoms in total. The van der Waals surface area contributed by atoms with Crippen molar-refractivity contribution >= 4 is 57.0 Å². The summed E-state index contributed by atoms with van der Waals surface area (Å²) in [6.07, 6.45) is 10.4. The van der Waals surface area contributed by atoms with E-state index in [-0.39, 0.29) is 31.2 Å². The summed E-state index contributed by atoms with van der Waals surface area (Å²) < 4.78 is 55.9. The molecular formula is C51H74N6O14S. The van der Waals surface area contributed by atoms with Crippen LogP contribution in [-0.2, 0) is 43.1 Å². The number of carboxylic acid groups (broad SMARTS) is 1. The van der Waals surface area contributed by atoms with E-state index in [9.17, 15) is 37.2 Å². The van der Waals surface area contributed by atoms with Gasteiger partial charge in [0, 0.05) is 23.9 Å². The molecule has 5 amide bonds. The number of alkyl carbamates (subject to hydrolysis) is 2. The number of ether oxygens (including phenoxy) is 4. The minimum atomic E-state index is -4.50. The average molecular weight is 1030 g/mol. The van der Waals surface area contributed by atoms with E-state index in [4.69, 9.17) is 28.2 Å². The topological polar surface area (TPSA) is 267 Å². The van der Waals surface area contributed by atoms with Gasteiger partial charge in [0.25, 0.3) is 5.91 Å².